The number of hydrogen-bond donors (Lipinski definition) is 0. The maximum absolute atomic E-state index is 2.54. The van der Waals surface area contributed by atoms with E-state index in [4.69, 9.17) is 0 Å². The highest BCUT2D eigenvalue weighted by atomic mass is 14.1. The summed E-state index contributed by atoms with van der Waals surface area (Å²) >= 11 is 0. The van der Waals surface area contributed by atoms with Crippen LogP contribution in [0.3, 0.4) is 0 Å². The number of aryl methyl sites for hydroxylation is 2. The summed E-state index contributed by atoms with van der Waals surface area (Å²) in [5, 5.41) is 5.59. The molecule has 0 atom stereocenters. The van der Waals surface area contributed by atoms with Gasteiger partial charge in [-0.1, -0.05) is 153 Å². The van der Waals surface area contributed by atoms with E-state index in [2.05, 4.69) is 62.4 Å². The normalized spacial score (nSPS) is 11.6. The Labute approximate surface area is 223 Å². The third-order valence-electron chi connectivity index (χ3n) is 8.12. The van der Waals surface area contributed by atoms with E-state index in [0.717, 1.165) is 0 Å². The summed E-state index contributed by atoms with van der Waals surface area (Å²) in [6.45, 7) is 4.61. The number of unbranched alkanes of at least 4 members (excludes halogenated alkanes) is 16. The molecule has 0 heterocycles. The fourth-order valence-electron chi connectivity index (χ4n) is 5.80. The van der Waals surface area contributed by atoms with E-state index in [-0.39, 0.29) is 0 Å². The van der Waals surface area contributed by atoms with E-state index < -0.39 is 0 Å². The van der Waals surface area contributed by atoms with Gasteiger partial charge in [0, 0.05) is 0 Å². The topological polar surface area (TPSA) is 0 Å². The van der Waals surface area contributed by atoms with Gasteiger partial charge in [-0.15, -0.1) is 0 Å². The zero-order valence-electron chi connectivity index (χ0n) is 23.8. The van der Waals surface area contributed by atoms with Crippen molar-refractivity contribution in [1.29, 1.82) is 0 Å². The quantitative estimate of drug-likeness (QED) is 0.110. The van der Waals surface area contributed by atoms with Crippen LogP contribution in [0, 0.1) is 0 Å². The second-order valence-corrected chi connectivity index (χ2v) is 11.3. The lowest BCUT2D eigenvalue weighted by molar-refractivity contribution is 0.561. The van der Waals surface area contributed by atoms with Crippen LogP contribution in [0.1, 0.15) is 141 Å². The van der Waals surface area contributed by atoms with E-state index in [1.54, 1.807) is 11.1 Å². The average Bonchev–Trinajstić information content (AvgIpc) is 2.90. The summed E-state index contributed by atoms with van der Waals surface area (Å²) < 4.78 is 0. The molecule has 0 saturated heterocycles. The lowest BCUT2D eigenvalue weighted by Gasteiger charge is -2.13. The van der Waals surface area contributed by atoms with E-state index >= 15 is 0 Å². The van der Waals surface area contributed by atoms with Gasteiger partial charge in [0.15, 0.2) is 0 Å². The first kappa shape index (κ1) is 28.7. The lowest BCUT2D eigenvalue weighted by Crippen LogP contribution is -1.97. The van der Waals surface area contributed by atoms with Crippen molar-refractivity contribution >= 4 is 21.5 Å². The molecule has 198 valence electrons. The molecule has 0 aliphatic heterocycles. The molecular formula is C36H54. The Morgan fingerprint density at radius 2 is 0.694 bits per heavy atom. The molecule has 0 bridgehead atoms. The number of hydrogen-bond acceptors (Lipinski definition) is 0. The van der Waals surface area contributed by atoms with Crippen LogP contribution in [0.5, 0.6) is 0 Å². The second-order valence-electron chi connectivity index (χ2n) is 11.3. The number of fused-ring (bicyclic) bond motifs is 2. The van der Waals surface area contributed by atoms with Gasteiger partial charge in [0.05, 0.1) is 0 Å². The Bertz CT molecular complexity index is 902. The van der Waals surface area contributed by atoms with E-state index in [1.165, 1.54) is 150 Å². The van der Waals surface area contributed by atoms with Crippen molar-refractivity contribution in [1.82, 2.24) is 0 Å². The fourth-order valence-corrected chi connectivity index (χ4v) is 5.80. The predicted molar refractivity (Wildman–Crippen MR) is 163 cm³/mol. The maximum Gasteiger partial charge on any atom is -0.0175 e. The summed E-state index contributed by atoms with van der Waals surface area (Å²) in [5.41, 5.74) is 3.25. The van der Waals surface area contributed by atoms with Gasteiger partial charge in [0.1, 0.15) is 0 Å². The number of benzene rings is 3. The van der Waals surface area contributed by atoms with E-state index in [0.29, 0.717) is 0 Å². The maximum atomic E-state index is 2.54. The smallest absolute Gasteiger partial charge is 0.0175 e. The van der Waals surface area contributed by atoms with Crippen molar-refractivity contribution in [3.63, 3.8) is 0 Å². The molecule has 0 nitrogen and oxygen atoms in total. The van der Waals surface area contributed by atoms with Crippen LogP contribution in [-0.2, 0) is 12.8 Å². The van der Waals surface area contributed by atoms with E-state index in [9.17, 15) is 0 Å². The third-order valence-corrected chi connectivity index (χ3v) is 8.12. The van der Waals surface area contributed by atoms with Gasteiger partial charge in [0.25, 0.3) is 0 Å². The first-order chi connectivity index (χ1) is 17.8. The molecule has 0 aliphatic rings. The van der Waals surface area contributed by atoms with Crippen LogP contribution < -0.4 is 0 Å². The van der Waals surface area contributed by atoms with E-state index in [1.807, 2.05) is 0 Å². The van der Waals surface area contributed by atoms with Crippen LogP contribution in [0.15, 0.2) is 48.5 Å². The zero-order valence-corrected chi connectivity index (χ0v) is 23.8. The Morgan fingerprint density at radius 1 is 0.361 bits per heavy atom. The third kappa shape index (κ3) is 10.3. The van der Waals surface area contributed by atoms with Crippen LogP contribution in [-0.4, -0.2) is 0 Å². The predicted octanol–water partition coefficient (Wildman–Crippen LogP) is 12.1. The highest BCUT2D eigenvalue weighted by Gasteiger charge is 2.07. The fraction of sp³-hybridized carbons (Fsp3) is 0.611. The van der Waals surface area contributed by atoms with Crippen LogP contribution in [0.25, 0.3) is 21.5 Å². The molecule has 0 saturated carbocycles. The monoisotopic (exact) mass is 486 g/mol. The van der Waals surface area contributed by atoms with Gasteiger partial charge in [-0.3, -0.25) is 0 Å². The van der Waals surface area contributed by atoms with Crippen LogP contribution in [0.4, 0.5) is 0 Å². The molecule has 0 heteroatoms. The largest absolute Gasteiger partial charge is 0.0654 e. The molecule has 0 fully saturated rings. The second kappa shape index (κ2) is 17.6. The van der Waals surface area contributed by atoms with Gasteiger partial charge in [0.2, 0.25) is 0 Å². The molecule has 0 radical (unpaired) electrons. The molecule has 0 aromatic heterocycles. The molecular weight excluding hydrogens is 432 g/mol. The minimum Gasteiger partial charge on any atom is -0.0654 e. The first-order valence-electron chi connectivity index (χ1n) is 15.8. The molecule has 3 aromatic rings. The summed E-state index contributed by atoms with van der Waals surface area (Å²) in [5.74, 6) is 0. The van der Waals surface area contributed by atoms with Crippen LogP contribution in [0.2, 0.25) is 0 Å². The Balaban J connectivity index is 1.53. The molecule has 0 spiro atoms. The van der Waals surface area contributed by atoms with Gasteiger partial charge < -0.3 is 0 Å². The highest BCUT2D eigenvalue weighted by Crippen LogP contribution is 2.28. The number of rotatable bonds is 20. The summed E-state index contributed by atoms with van der Waals surface area (Å²) in [7, 11) is 0. The molecule has 3 aromatic carbocycles. The van der Waals surface area contributed by atoms with Crippen molar-refractivity contribution in [3.05, 3.63) is 59.7 Å². The molecule has 36 heavy (non-hydrogen) atoms. The van der Waals surface area contributed by atoms with Gasteiger partial charge in [-0.2, -0.15) is 0 Å². The summed E-state index contributed by atoms with van der Waals surface area (Å²) in [6.07, 6.45) is 27.8. The lowest BCUT2D eigenvalue weighted by atomic mass is 9.92. The van der Waals surface area contributed by atoms with Gasteiger partial charge in [-0.05, 0) is 70.5 Å². The molecule has 0 amide bonds. The summed E-state index contributed by atoms with van der Waals surface area (Å²) in [6, 6.07) is 18.7. The Morgan fingerprint density at radius 3 is 1.06 bits per heavy atom. The Kier molecular flexibility index (Phi) is 14.1. The van der Waals surface area contributed by atoms with Gasteiger partial charge >= 0.3 is 0 Å². The van der Waals surface area contributed by atoms with Crippen molar-refractivity contribution in [2.45, 2.75) is 142 Å². The molecule has 3 rings (SSSR count). The van der Waals surface area contributed by atoms with Crippen molar-refractivity contribution in [2.24, 2.45) is 0 Å². The summed E-state index contributed by atoms with van der Waals surface area (Å²) in [4.78, 5) is 0. The SMILES string of the molecule is CCCCCCCCCCCc1cc2cc3ccccc3cc2cc1CCCCCCCCCCC. The first-order valence-corrected chi connectivity index (χ1v) is 15.8. The minimum absolute atomic E-state index is 1.26. The highest BCUT2D eigenvalue weighted by molar-refractivity contribution is 5.98. The average molecular weight is 487 g/mol. The molecule has 0 N–H and O–H groups in total. The zero-order chi connectivity index (χ0) is 25.3. The van der Waals surface area contributed by atoms with Gasteiger partial charge in [-0.25, -0.2) is 0 Å². The van der Waals surface area contributed by atoms with Crippen molar-refractivity contribution < 1.29 is 0 Å². The van der Waals surface area contributed by atoms with Crippen molar-refractivity contribution in [2.75, 3.05) is 0 Å². The molecule has 0 unspecified atom stereocenters. The Hall–Kier alpha value is -1.82. The van der Waals surface area contributed by atoms with Crippen molar-refractivity contribution in [3.8, 4) is 0 Å². The van der Waals surface area contributed by atoms with Crippen LogP contribution >= 0.6 is 0 Å². The molecule has 0 aliphatic carbocycles. The minimum atomic E-state index is 1.26. The standard InChI is InChI=1S/C36H54/c1-3-5-7-9-11-13-15-17-19-23-31-27-35-29-33-25-21-22-26-34(33)30-36(35)28-32(31)24-20-18-16-14-12-10-8-6-4-2/h21-22,25-30H,3-20,23-24H2,1-2H3.